The van der Waals surface area contributed by atoms with Crippen molar-refractivity contribution in [2.75, 3.05) is 19.8 Å². The lowest BCUT2D eigenvalue weighted by molar-refractivity contribution is -0.167. The van der Waals surface area contributed by atoms with Gasteiger partial charge >= 0.3 is 11.9 Å². The molecule has 1 atom stereocenters. The molecule has 1 unspecified atom stereocenters. The minimum absolute atomic E-state index is 0.0898. The molecule has 0 bridgehead atoms. The van der Waals surface area contributed by atoms with E-state index < -0.39 is 11.6 Å². The van der Waals surface area contributed by atoms with Crippen LogP contribution in [0.15, 0.2) is 47.0 Å². The maximum absolute atomic E-state index is 12.4. The highest BCUT2D eigenvalue weighted by atomic mass is 79.9. The minimum Gasteiger partial charge on any atom is -0.464 e. The van der Waals surface area contributed by atoms with Gasteiger partial charge in [0.25, 0.3) is 0 Å². The first-order chi connectivity index (χ1) is 12.0. The van der Waals surface area contributed by atoms with Crippen molar-refractivity contribution in [2.24, 2.45) is 0 Å². The quantitative estimate of drug-likeness (QED) is 0.508. The molecular formula is C19H21BrO5. The molecule has 0 aliphatic heterocycles. The predicted octanol–water partition coefficient (Wildman–Crippen LogP) is 3.67. The second-order valence-corrected chi connectivity index (χ2v) is 6.42. The number of hydrogen-bond donors (Lipinski definition) is 0. The van der Waals surface area contributed by atoms with Crippen LogP contribution in [0.4, 0.5) is 0 Å². The molecule has 0 N–H and O–H groups in total. The molecule has 2 rings (SSSR count). The molecule has 1 aromatic rings. The van der Waals surface area contributed by atoms with Crippen molar-refractivity contribution < 1.29 is 23.8 Å². The van der Waals surface area contributed by atoms with Gasteiger partial charge in [0.1, 0.15) is 6.61 Å². The van der Waals surface area contributed by atoms with Crippen LogP contribution in [0, 0.1) is 0 Å². The Bertz CT molecular complexity index is 695. The van der Waals surface area contributed by atoms with Crippen LogP contribution in [0.1, 0.15) is 25.8 Å². The molecule has 0 saturated carbocycles. The number of esters is 2. The van der Waals surface area contributed by atoms with E-state index in [1.54, 1.807) is 13.0 Å². The van der Waals surface area contributed by atoms with E-state index in [4.69, 9.17) is 14.2 Å². The van der Waals surface area contributed by atoms with Crippen molar-refractivity contribution >= 4 is 33.4 Å². The number of carbonyl (C=O) groups excluding carboxylic acids is 2. The summed E-state index contributed by atoms with van der Waals surface area (Å²) in [6, 6.07) is 7.92. The molecule has 1 aromatic carbocycles. The van der Waals surface area contributed by atoms with Gasteiger partial charge in [-0.1, -0.05) is 40.2 Å². The van der Waals surface area contributed by atoms with Crippen LogP contribution < -0.4 is 0 Å². The zero-order valence-electron chi connectivity index (χ0n) is 14.3. The third-order valence-corrected chi connectivity index (χ3v) is 4.18. The summed E-state index contributed by atoms with van der Waals surface area (Å²) in [4.78, 5) is 23.2. The Balaban J connectivity index is 2.12. The van der Waals surface area contributed by atoms with E-state index in [0.717, 1.165) is 15.6 Å². The van der Waals surface area contributed by atoms with Crippen LogP contribution in [0.5, 0.6) is 0 Å². The fourth-order valence-electron chi connectivity index (χ4n) is 2.48. The first kappa shape index (κ1) is 19.4. The van der Waals surface area contributed by atoms with Crippen molar-refractivity contribution in [2.45, 2.75) is 25.9 Å². The molecule has 0 saturated heterocycles. The molecule has 0 fully saturated rings. The number of carbonyl (C=O) groups is 2. The van der Waals surface area contributed by atoms with Crippen LogP contribution >= 0.6 is 15.9 Å². The minimum atomic E-state index is -1.19. The van der Waals surface area contributed by atoms with Crippen LogP contribution in [0.3, 0.4) is 0 Å². The van der Waals surface area contributed by atoms with E-state index in [1.165, 1.54) is 6.92 Å². The maximum atomic E-state index is 12.4. The summed E-state index contributed by atoms with van der Waals surface area (Å²) in [7, 11) is 0. The van der Waals surface area contributed by atoms with Gasteiger partial charge in [0.2, 0.25) is 0 Å². The number of rotatable bonds is 7. The zero-order valence-corrected chi connectivity index (χ0v) is 15.9. The third-order valence-electron chi connectivity index (χ3n) is 3.68. The van der Waals surface area contributed by atoms with E-state index in [9.17, 15) is 9.59 Å². The van der Waals surface area contributed by atoms with Crippen molar-refractivity contribution in [1.82, 2.24) is 0 Å². The van der Waals surface area contributed by atoms with Crippen molar-refractivity contribution in [1.29, 1.82) is 0 Å². The lowest BCUT2D eigenvalue weighted by Crippen LogP contribution is -2.42. The second kappa shape index (κ2) is 8.97. The Labute approximate surface area is 155 Å². The van der Waals surface area contributed by atoms with E-state index in [0.29, 0.717) is 6.42 Å². The summed E-state index contributed by atoms with van der Waals surface area (Å²) >= 11 is 3.46. The van der Waals surface area contributed by atoms with Crippen LogP contribution in [-0.2, 0) is 23.8 Å². The van der Waals surface area contributed by atoms with Gasteiger partial charge in [-0.05, 0) is 36.3 Å². The van der Waals surface area contributed by atoms with E-state index in [1.807, 2.05) is 36.4 Å². The Morgan fingerprint density at radius 2 is 2.04 bits per heavy atom. The highest BCUT2D eigenvalue weighted by Gasteiger charge is 2.39. The van der Waals surface area contributed by atoms with Crippen molar-refractivity contribution in [3.8, 4) is 0 Å². The predicted molar refractivity (Wildman–Crippen MR) is 97.8 cm³/mol. The summed E-state index contributed by atoms with van der Waals surface area (Å²) in [6.07, 6.45) is 5.87. The molecule has 134 valence electrons. The SMILES string of the molecule is CCOC(=O)C1(OCCOC(C)=O)C=CC(c2cccc(Br)c2)=CC1. The summed E-state index contributed by atoms with van der Waals surface area (Å²) in [6.45, 7) is 3.55. The summed E-state index contributed by atoms with van der Waals surface area (Å²) in [5.74, 6) is -0.830. The normalized spacial score (nSPS) is 19.2. The van der Waals surface area contributed by atoms with Crippen LogP contribution in [0.25, 0.3) is 5.57 Å². The Hall–Kier alpha value is -1.92. The fourth-order valence-corrected chi connectivity index (χ4v) is 2.88. The number of hydrogen-bond acceptors (Lipinski definition) is 5. The Kier molecular flexibility index (Phi) is 6.96. The Morgan fingerprint density at radius 1 is 1.24 bits per heavy atom. The van der Waals surface area contributed by atoms with Crippen LogP contribution in [0.2, 0.25) is 0 Å². The van der Waals surface area contributed by atoms with Gasteiger partial charge in [-0.15, -0.1) is 0 Å². The average molecular weight is 409 g/mol. The van der Waals surface area contributed by atoms with Gasteiger partial charge in [-0.2, -0.15) is 0 Å². The molecule has 0 amide bonds. The standard InChI is InChI=1S/C19H21BrO5/c1-3-23-18(22)19(25-12-11-24-14(2)21)9-7-15(8-10-19)16-5-4-6-17(20)13-16/h4-9,13H,3,10-12H2,1-2H3. The molecule has 0 aromatic heterocycles. The van der Waals surface area contributed by atoms with Crippen LogP contribution in [-0.4, -0.2) is 37.4 Å². The van der Waals surface area contributed by atoms with Gasteiger partial charge in [0.15, 0.2) is 5.60 Å². The fraction of sp³-hybridized carbons (Fsp3) is 0.368. The van der Waals surface area contributed by atoms with Gasteiger partial charge in [-0.3, -0.25) is 4.79 Å². The monoisotopic (exact) mass is 408 g/mol. The topological polar surface area (TPSA) is 61.8 Å². The lowest BCUT2D eigenvalue weighted by atomic mass is 9.89. The largest absolute Gasteiger partial charge is 0.464 e. The summed E-state index contributed by atoms with van der Waals surface area (Å²) < 4.78 is 16.8. The second-order valence-electron chi connectivity index (χ2n) is 5.51. The number of halogens is 1. The number of ether oxygens (including phenoxy) is 3. The Morgan fingerprint density at radius 3 is 2.64 bits per heavy atom. The molecule has 1 aliphatic carbocycles. The third kappa shape index (κ3) is 5.28. The molecule has 25 heavy (non-hydrogen) atoms. The van der Waals surface area contributed by atoms with E-state index in [2.05, 4.69) is 15.9 Å². The van der Waals surface area contributed by atoms with Gasteiger partial charge < -0.3 is 14.2 Å². The molecule has 0 heterocycles. The first-order valence-electron chi connectivity index (χ1n) is 8.07. The summed E-state index contributed by atoms with van der Waals surface area (Å²) in [5.41, 5.74) is 0.860. The summed E-state index contributed by atoms with van der Waals surface area (Å²) in [5, 5.41) is 0. The number of allylic oxidation sites excluding steroid dienone is 2. The maximum Gasteiger partial charge on any atom is 0.342 e. The van der Waals surface area contributed by atoms with Crippen molar-refractivity contribution in [3.05, 3.63) is 52.5 Å². The zero-order chi connectivity index (χ0) is 18.3. The highest BCUT2D eigenvalue weighted by Crippen LogP contribution is 2.31. The van der Waals surface area contributed by atoms with Crippen molar-refractivity contribution in [3.63, 3.8) is 0 Å². The smallest absolute Gasteiger partial charge is 0.342 e. The molecule has 6 heteroatoms. The highest BCUT2D eigenvalue weighted by molar-refractivity contribution is 9.10. The molecule has 0 spiro atoms. The number of benzene rings is 1. The van der Waals surface area contributed by atoms with Gasteiger partial charge in [-0.25, -0.2) is 4.79 Å². The average Bonchev–Trinajstić information content (AvgIpc) is 2.59. The van der Waals surface area contributed by atoms with Gasteiger partial charge in [0.05, 0.1) is 13.2 Å². The molecule has 5 nitrogen and oxygen atoms in total. The first-order valence-corrected chi connectivity index (χ1v) is 8.86. The van der Waals surface area contributed by atoms with E-state index >= 15 is 0 Å². The molecule has 0 radical (unpaired) electrons. The molecule has 1 aliphatic rings. The molecular weight excluding hydrogens is 388 g/mol. The van der Waals surface area contributed by atoms with E-state index in [-0.39, 0.29) is 25.8 Å². The van der Waals surface area contributed by atoms with Gasteiger partial charge in [0, 0.05) is 17.8 Å². The lowest BCUT2D eigenvalue weighted by Gasteiger charge is -2.30.